The Kier molecular flexibility index (Phi) is 6.73. The van der Waals surface area contributed by atoms with Crippen molar-refractivity contribution in [2.45, 2.75) is 19.3 Å². The van der Waals surface area contributed by atoms with Crippen molar-refractivity contribution in [2.75, 3.05) is 7.05 Å². The minimum atomic E-state index is -1.21. The van der Waals surface area contributed by atoms with Crippen LogP contribution in [0.1, 0.15) is 16.8 Å². The zero-order valence-electron chi connectivity index (χ0n) is 20.8. The molecule has 0 radical (unpaired) electrons. The maximum Gasteiger partial charge on any atom is 0.225 e. The molecule has 5 aromatic rings. The van der Waals surface area contributed by atoms with Crippen LogP contribution >= 0.6 is 0 Å². The van der Waals surface area contributed by atoms with E-state index in [-0.39, 0.29) is 5.91 Å². The van der Waals surface area contributed by atoms with E-state index in [9.17, 15) is 9.59 Å². The van der Waals surface area contributed by atoms with Gasteiger partial charge in [0.05, 0.1) is 17.7 Å². The van der Waals surface area contributed by atoms with Crippen LogP contribution in [-0.4, -0.2) is 28.8 Å². The molecule has 37 heavy (non-hydrogen) atoms. The van der Waals surface area contributed by atoms with Gasteiger partial charge in [-0.25, -0.2) is 4.98 Å². The van der Waals surface area contributed by atoms with E-state index in [0.29, 0.717) is 19.3 Å². The molecule has 1 aromatic heterocycles. The monoisotopic (exact) mass is 490 g/mol. The van der Waals surface area contributed by atoms with E-state index in [1.54, 1.807) is 19.6 Å². The van der Waals surface area contributed by atoms with Gasteiger partial charge in [-0.1, -0.05) is 84.9 Å². The van der Waals surface area contributed by atoms with Crippen LogP contribution in [0, 0.1) is 11.3 Å². The highest BCUT2D eigenvalue weighted by molar-refractivity contribution is 5.93. The second-order valence-corrected chi connectivity index (χ2v) is 9.60. The van der Waals surface area contributed by atoms with Crippen molar-refractivity contribution >= 4 is 33.4 Å². The standard InChI is InChI=1S/C31H30N4O2/c1-33-29(36)28(16-25-19-34-20-35-25)31(30(32)37,17-23-12-6-10-21-8-2-4-14-26(21)23)18-24-13-7-11-22-9-3-5-15-27(22)24/h2-15,19-20,28H,16-18H2,1H3,(H2,32,37)(H,33,36)(H,34,35). The van der Waals surface area contributed by atoms with E-state index in [2.05, 4.69) is 51.7 Å². The number of aromatic nitrogens is 2. The van der Waals surface area contributed by atoms with Gasteiger partial charge in [0, 0.05) is 25.4 Å². The normalized spacial score (nSPS) is 12.5. The molecule has 6 heteroatoms. The number of amides is 2. The van der Waals surface area contributed by atoms with Crippen molar-refractivity contribution < 1.29 is 9.59 Å². The third kappa shape index (κ3) is 4.70. The molecule has 0 bridgehead atoms. The molecule has 0 spiro atoms. The van der Waals surface area contributed by atoms with Gasteiger partial charge >= 0.3 is 0 Å². The van der Waals surface area contributed by atoms with E-state index in [1.807, 2.05) is 48.5 Å². The van der Waals surface area contributed by atoms with Crippen molar-refractivity contribution in [3.63, 3.8) is 0 Å². The Bertz CT molecular complexity index is 1470. The SMILES string of the molecule is CNC(=O)C(Cc1cnc[nH]1)C(Cc1cccc2ccccc12)(Cc1cccc2ccccc12)C(N)=O. The highest BCUT2D eigenvalue weighted by atomic mass is 16.2. The molecule has 4 N–H and O–H groups in total. The van der Waals surface area contributed by atoms with Crippen LogP contribution in [0.4, 0.5) is 0 Å². The summed E-state index contributed by atoms with van der Waals surface area (Å²) in [5, 5.41) is 7.05. The van der Waals surface area contributed by atoms with Crippen LogP contribution in [0.3, 0.4) is 0 Å². The lowest BCUT2D eigenvalue weighted by Crippen LogP contribution is -2.52. The van der Waals surface area contributed by atoms with Crippen LogP contribution < -0.4 is 11.1 Å². The molecule has 6 nitrogen and oxygen atoms in total. The van der Waals surface area contributed by atoms with Crippen molar-refractivity contribution in [1.29, 1.82) is 0 Å². The Hall–Kier alpha value is -4.45. The average Bonchev–Trinajstić information content (AvgIpc) is 3.44. The highest BCUT2D eigenvalue weighted by Crippen LogP contribution is 2.41. The predicted molar refractivity (Wildman–Crippen MR) is 147 cm³/mol. The molecule has 0 aliphatic heterocycles. The Morgan fingerprint density at radius 3 is 1.89 bits per heavy atom. The Morgan fingerprint density at radius 1 is 0.865 bits per heavy atom. The van der Waals surface area contributed by atoms with Gasteiger partial charge < -0.3 is 16.0 Å². The molecular weight excluding hydrogens is 460 g/mol. The summed E-state index contributed by atoms with van der Waals surface area (Å²) in [6.07, 6.45) is 4.21. The lowest BCUT2D eigenvalue weighted by atomic mass is 9.64. The van der Waals surface area contributed by atoms with Crippen LogP contribution in [0.5, 0.6) is 0 Å². The van der Waals surface area contributed by atoms with Gasteiger partial charge in [-0.2, -0.15) is 0 Å². The van der Waals surface area contributed by atoms with Crippen LogP contribution in [0.25, 0.3) is 21.5 Å². The molecule has 0 fully saturated rings. The molecule has 186 valence electrons. The summed E-state index contributed by atoms with van der Waals surface area (Å²) in [5.41, 5.74) is 7.86. The molecule has 5 rings (SSSR count). The fraction of sp³-hybridized carbons (Fsp3) is 0.194. The average molecular weight is 491 g/mol. The molecular formula is C31H30N4O2. The fourth-order valence-corrected chi connectivity index (χ4v) is 5.56. The summed E-state index contributed by atoms with van der Waals surface area (Å²) in [6, 6.07) is 28.3. The number of nitrogens with zero attached hydrogens (tertiary/aromatic N) is 1. The minimum Gasteiger partial charge on any atom is -0.369 e. The van der Waals surface area contributed by atoms with Gasteiger partial charge in [-0.15, -0.1) is 0 Å². The third-order valence-corrected chi connectivity index (χ3v) is 7.47. The molecule has 0 aliphatic carbocycles. The summed E-state index contributed by atoms with van der Waals surface area (Å²) in [5.74, 6) is -1.45. The van der Waals surface area contributed by atoms with E-state index >= 15 is 0 Å². The van der Waals surface area contributed by atoms with E-state index in [4.69, 9.17) is 5.73 Å². The number of hydrogen-bond donors (Lipinski definition) is 3. The van der Waals surface area contributed by atoms with E-state index < -0.39 is 17.2 Å². The zero-order chi connectivity index (χ0) is 25.8. The second kappa shape index (κ2) is 10.3. The maximum absolute atomic E-state index is 13.7. The quantitative estimate of drug-likeness (QED) is 0.282. The number of hydrogen-bond acceptors (Lipinski definition) is 3. The number of carbonyl (C=O) groups excluding carboxylic acids is 2. The first-order valence-electron chi connectivity index (χ1n) is 12.4. The number of primary amides is 1. The largest absolute Gasteiger partial charge is 0.369 e. The van der Waals surface area contributed by atoms with E-state index in [1.165, 1.54) is 0 Å². The van der Waals surface area contributed by atoms with E-state index in [0.717, 1.165) is 38.4 Å². The Balaban J connectivity index is 1.72. The number of carbonyl (C=O) groups is 2. The second-order valence-electron chi connectivity index (χ2n) is 9.60. The first-order chi connectivity index (χ1) is 18.0. The van der Waals surface area contributed by atoms with Crippen LogP contribution in [0.15, 0.2) is 97.5 Å². The lowest BCUT2D eigenvalue weighted by Gasteiger charge is -2.38. The number of fused-ring (bicyclic) bond motifs is 2. The lowest BCUT2D eigenvalue weighted by molar-refractivity contribution is -0.140. The molecule has 1 atom stereocenters. The van der Waals surface area contributed by atoms with Gasteiger partial charge in [-0.05, 0) is 45.5 Å². The Morgan fingerprint density at radius 2 is 1.41 bits per heavy atom. The van der Waals surface area contributed by atoms with Crippen molar-refractivity contribution in [1.82, 2.24) is 15.3 Å². The Labute approximate surface area is 215 Å². The van der Waals surface area contributed by atoms with Crippen LogP contribution in [-0.2, 0) is 28.9 Å². The summed E-state index contributed by atoms with van der Waals surface area (Å²) < 4.78 is 0. The molecule has 0 saturated heterocycles. The number of aromatic amines is 1. The van der Waals surface area contributed by atoms with Crippen molar-refractivity contribution in [2.24, 2.45) is 17.1 Å². The predicted octanol–water partition coefficient (Wildman–Crippen LogP) is 4.58. The number of H-pyrrole nitrogens is 1. The third-order valence-electron chi connectivity index (χ3n) is 7.47. The summed E-state index contributed by atoms with van der Waals surface area (Å²) in [7, 11) is 1.60. The molecule has 1 heterocycles. The number of imidazole rings is 1. The topological polar surface area (TPSA) is 101 Å². The number of benzene rings is 4. The van der Waals surface area contributed by atoms with Crippen molar-refractivity contribution in [3.05, 3.63) is 114 Å². The first-order valence-corrected chi connectivity index (χ1v) is 12.4. The number of nitrogens with two attached hydrogens (primary N) is 1. The maximum atomic E-state index is 13.7. The molecule has 0 aliphatic rings. The van der Waals surface area contributed by atoms with Crippen LogP contribution in [0.2, 0.25) is 0 Å². The molecule has 4 aromatic carbocycles. The van der Waals surface area contributed by atoms with Gasteiger partial charge in [0.15, 0.2) is 0 Å². The first kappa shape index (κ1) is 24.3. The zero-order valence-corrected chi connectivity index (χ0v) is 20.8. The summed E-state index contributed by atoms with van der Waals surface area (Å²) in [4.78, 5) is 34.5. The van der Waals surface area contributed by atoms with Gasteiger partial charge in [-0.3, -0.25) is 9.59 Å². The highest BCUT2D eigenvalue weighted by Gasteiger charge is 2.48. The van der Waals surface area contributed by atoms with Gasteiger partial charge in [0.1, 0.15) is 0 Å². The molecule has 1 unspecified atom stereocenters. The smallest absolute Gasteiger partial charge is 0.225 e. The number of nitrogens with one attached hydrogen (secondary N) is 2. The molecule has 2 amide bonds. The summed E-state index contributed by atoms with van der Waals surface area (Å²) >= 11 is 0. The molecule has 0 saturated carbocycles. The van der Waals surface area contributed by atoms with Gasteiger partial charge in [0.2, 0.25) is 11.8 Å². The van der Waals surface area contributed by atoms with Gasteiger partial charge in [0.25, 0.3) is 0 Å². The summed E-state index contributed by atoms with van der Waals surface area (Å²) in [6.45, 7) is 0. The van der Waals surface area contributed by atoms with Crippen molar-refractivity contribution in [3.8, 4) is 0 Å². The fourth-order valence-electron chi connectivity index (χ4n) is 5.56. The minimum absolute atomic E-state index is 0.228. The number of rotatable bonds is 9.